The zero-order valence-electron chi connectivity index (χ0n) is 46.1. The molecule has 3 amide bonds. The van der Waals surface area contributed by atoms with E-state index in [1.807, 2.05) is 10.6 Å². The third-order valence-corrected chi connectivity index (χ3v) is 7.30. The van der Waals surface area contributed by atoms with E-state index in [4.69, 9.17) is 41.8 Å². The largest absolute Gasteiger partial charge is 0.511 e. The molecule has 0 aromatic heterocycles. The second kappa shape index (κ2) is 29.2. The zero-order valence-corrected chi connectivity index (χ0v) is 40.1. The van der Waals surface area contributed by atoms with Crippen molar-refractivity contribution in [1.29, 1.82) is 0 Å². The van der Waals surface area contributed by atoms with Gasteiger partial charge in [0.2, 0.25) is 0 Å². The third-order valence-electron chi connectivity index (χ3n) is 7.30. The van der Waals surface area contributed by atoms with Crippen LogP contribution in [0.25, 0.3) is 0 Å². The summed E-state index contributed by atoms with van der Waals surface area (Å²) >= 11 is 0. The summed E-state index contributed by atoms with van der Waals surface area (Å²) in [6.07, 6.45) is -10.0. The lowest BCUT2D eigenvalue weighted by Gasteiger charge is -2.22. The van der Waals surface area contributed by atoms with Gasteiger partial charge in [-0.05, 0) is 79.0 Å². The van der Waals surface area contributed by atoms with Gasteiger partial charge in [-0.1, -0.05) is 104 Å². The van der Waals surface area contributed by atoms with Crippen molar-refractivity contribution in [3.8, 4) is 0 Å². The van der Waals surface area contributed by atoms with Crippen LogP contribution in [0.2, 0.25) is 0 Å². The van der Waals surface area contributed by atoms with Gasteiger partial charge in [-0.2, -0.15) is 0 Å². The summed E-state index contributed by atoms with van der Waals surface area (Å²) in [5.74, 6) is -7.11. The lowest BCUT2D eigenvalue weighted by Crippen LogP contribution is -2.44. The predicted octanol–water partition coefficient (Wildman–Crippen LogP) is 8.27. The Labute approximate surface area is 411 Å². The van der Waals surface area contributed by atoms with Crippen LogP contribution in [-0.2, 0) is 67.4 Å². The number of amides is 3. The van der Waals surface area contributed by atoms with Crippen molar-refractivity contribution in [2.24, 2.45) is 0 Å². The molecule has 0 aliphatic heterocycles. The molecule has 0 saturated carbocycles. The first kappa shape index (κ1) is 49.3. The monoisotopic (exact) mass is 971 g/mol. The normalized spacial score (nSPS) is 14.7. The fraction of sp³-hybridized carbons (Fsp3) is 0.420. The van der Waals surface area contributed by atoms with Gasteiger partial charge < -0.3 is 59.7 Å². The number of ether oxygens (including phenoxy) is 6. The second-order valence-electron chi connectivity index (χ2n) is 17.1. The van der Waals surface area contributed by atoms with E-state index in [0.717, 1.165) is 5.56 Å². The molecule has 0 heterocycles. The van der Waals surface area contributed by atoms with Crippen molar-refractivity contribution >= 4 is 42.2 Å². The molecule has 0 radical (unpaired) electrons. The Morgan fingerprint density at radius 2 is 0.826 bits per heavy atom. The number of hydrogen-bond donors (Lipinski definition) is 6. The van der Waals surface area contributed by atoms with Crippen LogP contribution < -0.4 is 16.0 Å². The average molecular weight is 972 g/mol. The Kier molecular flexibility index (Phi) is 20.9. The highest BCUT2D eigenvalue weighted by Crippen LogP contribution is 2.13. The van der Waals surface area contributed by atoms with E-state index < -0.39 is 108 Å². The molecule has 19 nitrogen and oxygen atoms in total. The number of carboxylic acids is 1. The van der Waals surface area contributed by atoms with E-state index in [9.17, 15) is 43.8 Å². The molecule has 378 valence electrons. The molecule has 0 aliphatic rings. The van der Waals surface area contributed by atoms with Crippen molar-refractivity contribution in [3.63, 3.8) is 0 Å². The number of aliphatic hydroxyl groups is 2. The van der Waals surface area contributed by atoms with Crippen LogP contribution in [0.15, 0.2) is 116 Å². The molecule has 6 N–H and O–H groups in total. The van der Waals surface area contributed by atoms with E-state index >= 15 is 0 Å². The van der Waals surface area contributed by atoms with Gasteiger partial charge in [0.15, 0.2) is 0 Å². The predicted molar refractivity (Wildman–Crippen MR) is 253 cm³/mol. The maximum absolute atomic E-state index is 12.2. The first-order chi connectivity index (χ1) is 34.2. The molecule has 3 rings (SSSR count). The molecule has 0 bridgehead atoms. The smallest absolute Gasteiger partial charge is 0.408 e. The number of alkyl carbamates (subject to hydrolysis) is 3. The van der Waals surface area contributed by atoms with Gasteiger partial charge >= 0.3 is 42.2 Å². The number of aliphatic hydroxyl groups excluding tert-OH is 2. The Balaban J connectivity index is 0.000000563. The summed E-state index contributed by atoms with van der Waals surface area (Å²) < 4.78 is 77.2. The first-order valence-corrected chi connectivity index (χ1v) is 20.9. The molecule has 3 atom stereocenters. The second-order valence-corrected chi connectivity index (χ2v) is 17.1. The van der Waals surface area contributed by atoms with Crippen LogP contribution >= 0.6 is 0 Å². The summed E-state index contributed by atoms with van der Waals surface area (Å²) in [6, 6.07) is 18.9. The number of esters is 3. The summed E-state index contributed by atoms with van der Waals surface area (Å²) in [7, 11) is 0. The van der Waals surface area contributed by atoms with Gasteiger partial charge in [0.1, 0.15) is 54.2 Å². The van der Waals surface area contributed by atoms with Crippen LogP contribution in [0, 0.1) is 0 Å². The van der Waals surface area contributed by atoms with Crippen LogP contribution in [0.3, 0.4) is 0 Å². The van der Waals surface area contributed by atoms with Crippen LogP contribution in [-0.4, -0.2) is 92.4 Å². The van der Waals surface area contributed by atoms with Crippen molar-refractivity contribution in [2.75, 3.05) is 0 Å². The SMILES string of the molecule is [2H]C([2H])(C(=O)OCc1ccccc1)[C@@H](NC(=O)OC(C)(C)C)C(=C)O.[2H]C([2H])(C(=O)OCc1ccccc1)[C@@]([2H])(NC(=O)OC(C)(C)C)C(=C)O.[2H][C@](CC(=O)OCc1ccccc1)(NC(=O)OC(C)(C)C)C(=O)O. The molecule has 0 saturated heterocycles. The number of carboxylic acid groups (broad SMARTS) is 1. The van der Waals surface area contributed by atoms with Crippen molar-refractivity contribution in [1.82, 2.24) is 16.0 Å². The Morgan fingerprint density at radius 1 is 0.507 bits per heavy atom. The summed E-state index contributed by atoms with van der Waals surface area (Å²) in [6.45, 7) is 20.2. The van der Waals surface area contributed by atoms with Gasteiger partial charge in [-0.15, -0.1) is 0 Å². The average Bonchev–Trinajstić information content (AvgIpc) is 3.27. The highest BCUT2D eigenvalue weighted by Gasteiger charge is 2.28. The standard InChI is InChI=1S/2C17H23NO5.C16H21NO6/c2*1-12(19)14(18-16(21)23-17(2,3)4)10-15(20)22-11-13-8-6-5-7-9-13;1-16(2,3)23-15(21)17-12(14(19)20)9-13(18)22-10-11-7-5-4-6-8-11/h2*5-9,14,19H,1,10-11H2,2-4H3,(H,18,21);4-8,12H,9-10H2,1-3H3,(H,17,21)(H,19,20)/t2*14-;12-/m111/s1/i10D2,14D;10D2;12D. The van der Waals surface area contributed by atoms with E-state index in [2.05, 4.69) is 18.5 Å². The van der Waals surface area contributed by atoms with E-state index in [1.54, 1.807) is 153 Å². The third kappa shape index (κ3) is 30.4. The highest BCUT2D eigenvalue weighted by molar-refractivity contribution is 5.85. The molecule has 0 spiro atoms. The fourth-order valence-electron chi connectivity index (χ4n) is 4.49. The summed E-state index contributed by atoms with van der Waals surface area (Å²) in [5, 5.41) is 34.3. The molecule has 3 aromatic rings. The van der Waals surface area contributed by atoms with Gasteiger partial charge in [0.05, 0.1) is 34.0 Å². The Bertz CT molecular complexity index is 2430. The zero-order chi connectivity index (χ0) is 57.8. The molecule has 0 unspecified atom stereocenters. The number of nitrogens with one attached hydrogen (secondary N) is 3. The number of aliphatic carboxylic acids is 1. The number of benzene rings is 3. The van der Waals surface area contributed by atoms with Gasteiger partial charge in [0, 0.05) is 5.48 Å². The lowest BCUT2D eigenvalue weighted by atomic mass is 10.2. The quantitative estimate of drug-likeness (QED) is 0.0398. The number of hydrogen-bond acceptors (Lipinski definition) is 15. The molecule has 19 heteroatoms. The maximum Gasteiger partial charge on any atom is 0.408 e. The fourth-order valence-corrected chi connectivity index (χ4v) is 4.49. The molecular weight excluding hydrogens is 899 g/mol. The Hall–Kier alpha value is -7.57. The lowest BCUT2D eigenvalue weighted by molar-refractivity contribution is -0.150. The van der Waals surface area contributed by atoms with Crippen LogP contribution in [0.4, 0.5) is 14.4 Å². The molecule has 0 fully saturated rings. The Morgan fingerprint density at radius 3 is 1.14 bits per heavy atom. The highest BCUT2D eigenvalue weighted by atomic mass is 16.6. The first-order valence-electron chi connectivity index (χ1n) is 23.9. The summed E-state index contributed by atoms with van der Waals surface area (Å²) in [5.41, 5.74) is -0.621. The summed E-state index contributed by atoms with van der Waals surface area (Å²) in [4.78, 5) is 82.8. The molecule has 69 heavy (non-hydrogen) atoms. The minimum Gasteiger partial charge on any atom is -0.511 e. The van der Waals surface area contributed by atoms with E-state index in [0.29, 0.717) is 11.1 Å². The van der Waals surface area contributed by atoms with E-state index in [-0.39, 0.29) is 19.8 Å². The van der Waals surface area contributed by atoms with Crippen LogP contribution in [0.1, 0.15) is 106 Å². The van der Waals surface area contributed by atoms with Gasteiger partial charge in [-0.25, -0.2) is 19.2 Å². The van der Waals surface area contributed by atoms with Gasteiger partial charge in [-0.3, -0.25) is 14.4 Å². The number of carbonyl (C=O) groups is 7. The maximum atomic E-state index is 12.2. The van der Waals surface area contributed by atoms with Crippen molar-refractivity contribution < 1.29 is 85.5 Å². The molecular formula is C50H67N3O16. The number of carbonyl (C=O) groups excluding carboxylic acids is 6. The van der Waals surface area contributed by atoms with Crippen molar-refractivity contribution in [2.45, 2.75) is 136 Å². The minimum atomic E-state index is -3.13. The van der Waals surface area contributed by atoms with Crippen molar-refractivity contribution in [3.05, 3.63) is 132 Å². The van der Waals surface area contributed by atoms with E-state index in [1.165, 1.54) is 0 Å². The molecule has 3 aromatic carbocycles. The minimum absolute atomic E-state index is 0.0538. The van der Waals surface area contributed by atoms with Crippen LogP contribution in [0.5, 0.6) is 0 Å². The molecule has 0 aliphatic carbocycles. The topological polar surface area (TPSA) is 272 Å². The number of rotatable bonds is 18. The van der Waals surface area contributed by atoms with Gasteiger partial charge in [0.25, 0.3) is 0 Å².